The largest absolute Gasteiger partial charge is 0.494 e. The van der Waals surface area contributed by atoms with E-state index in [1.54, 1.807) is 12.1 Å². The maximum absolute atomic E-state index is 13.5. The van der Waals surface area contributed by atoms with Gasteiger partial charge in [-0.05, 0) is 36.8 Å². The fraction of sp³-hybridized carbons (Fsp3) is 0.294. The van der Waals surface area contributed by atoms with Crippen LogP contribution in [0.2, 0.25) is 0 Å². The quantitative estimate of drug-likeness (QED) is 0.760. The van der Waals surface area contributed by atoms with Gasteiger partial charge in [0.05, 0.1) is 7.11 Å². The average molecular weight is 314 g/mol. The predicted molar refractivity (Wildman–Crippen MR) is 86.1 cm³/mol. The third-order valence-corrected chi connectivity index (χ3v) is 3.86. The Kier molecular flexibility index (Phi) is 4.52. The van der Waals surface area contributed by atoms with E-state index in [1.807, 2.05) is 35.7 Å². The molecule has 0 aliphatic rings. The van der Waals surface area contributed by atoms with Crippen LogP contribution in [-0.4, -0.2) is 28.3 Å². The van der Waals surface area contributed by atoms with Crippen molar-refractivity contribution >= 4 is 5.65 Å². The summed E-state index contributed by atoms with van der Waals surface area (Å²) in [6, 6.07) is 10.8. The molecule has 2 heterocycles. The van der Waals surface area contributed by atoms with E-state index in [2.05, 4.69) is 15.5 Å². The van der Waals surface area contributed by atoms with Gasteiger partial charge in [-0.15, -0.1) is 10.2 Å². The summed E-state index contributed by atoms with van der Waals surface area (Å²) in [5.74, 6) is 0.829. The van der Waals surface area contributed by atoms with Crippen molar-refractivity contribution < 1.29 is 9.13 Å². The second-order valence-corrected chi connectivity index (χ2v) is 5.36. The lowest BCUT2D eigenvalue weighted by molar-refractivity contribution is 0.385. The Morgan fingerprint density at radius 3 is 2.96 bits per heavy atom. The molecular formula is C17H19FN4O. The molecule has 0 amide bonds. The number of aromatic nitrogens is 3. The Morgan fingerprint density at radius 1 is 1.26 bits per heavy atom. The van der Waals surface area contributed by atoms with Crippen LogP contribution in [0.3, 0.4) is 0 Å². The zero-order chi connectivity index (χ0) is 16.2. The van der Waals surface area contributed by atoms with Crippen molar-refractivity contribution in [2.24, 2.45) is 0 Å². The molecular weight excluding hydrogens is 295 g/mol. The minimum Gasteiger partial charge on any atom is -0.494 e. The lowest BCUT2D eigenvalue weighted by atomic mass is 10.1. The molecule has 0 fully saturated rings. The number of fused-ring (bicyclic) bond motifs is 1. The van der Waals surface area contributed by atoms with Crippen molar-refractivity contribution in [1.82, 2.24) is 19.9 Å². The summed E-state index contributed by atoms with van der Waals surface area (Å²) in [7, 11) is 1.47. The van der Waals surface area contributed by atoms with Gasteiger partial charge in [0.2, 0.25) is 0 Å². The molecule has 23 heavy (non-hydrogen) atoms. The Morgan fingerprint density at radius 2 is 2.13 bits per heavy atom. The van der Waals surface area contributed by atoms with Crippen molar-refractivity contribution in [3.63, 3.8) is 0 Å². The lowest BCUT2D eigenvalue weighted by Crippen LogP contribution is -2.22. The number of rotatable bonds is 6. The molecule has 0 bridgehead atoms. The molecule has 1 N–H and O–H groups in total. The van der Waals surface area contributed by atoms with Crippen LogP contribution in [0, 0.1) is 5.82 Å². The van der Waals surface area contributed by atoms with Gasteiger partial charge in [0.25, 0.3) is 0 Å². The highest BCUT2D eigenvalue weighted by atomic mass is 19.1. The molecule has 0 aliphatic heterocycles. The Hall–Kier alpha value is -2.47. The molecule has 0 radical (unpaired) electrons. The van der Waals surface area contributed by atoms with E-state index >= 15 is 0 Å². The number of halogens is 1. The van der Waals surface area contributed by atoms with Crippen molar-refractivity contribution in [3.05, 3.63) is 59.8 Å². The molecule has 1 aromatic carbocycles. The minimum absolute atomic E-state index is 0.0867. The summed E-state index contributed by atoms with van der Waals surface area (Å²) in [6.07, 6.45) is 2.72. The molecule has 3 aromatic rings. The summed E-state index contributed by atoms with van der Waals surface area (Å²) in [4.78, 5) is 0. The molecule has 6 heteroatoms. The van der Waals surface area contributed by atoms with E-state index in [-0.39, 0.29) is 17.6 Å². The van der Waals surface area contributed by atoms with Crippen LogP contribution in [0.1, 0.15) is 24.4 Å². The van der Waals surface area contributed by atoms with Crippen LogP contribution in [0.25, 0.3) is 5.65 Å². The molecule has 0 saturated carbocycles. The molecule has 0 unspecified atom stereocenters. The van der Waals surface area contributed by atoms with Gasteiger partial charge in [-0.1, -0.05) is 12.1 Å². The monoisotopic (exact) mass is 314 g/mol. The van der Waals surface area contributed by atoms with Crippen LogP contribution in [0.15, 0.2) is 42.6 Å². The second-order valence-electron chi connectivity index (χ2n) is 5.36. The van der Waals surface area contributed by atoms with Gasteiger partial charge in [-0.2, -0.15) is 0 Å². The first kappa shape index (κ1) is 15.4. The van der Waals surface area contributed by atoms with Crippen LogP contribution < -0.4 is 10.1 Å². The molecule has 2 aromatic heterocycles. The number of pyridine rings is 1. The molecule has 120 valence electrons. The van der Waals surface area contributed by atoms with Crippen molar-refractivity contribution in [2.75, 3.05) is 13.7 Å². The summed E-state index contributed by atoms with van der Waals surface area (Å²) in [6.45, 7) is 2.78. The molecule has 0 saturated heterocycles. The average Bonchev–Trinajstić information content (AvgIpc) is 2.98. The zero-order valence-electron chi connectivity index (χ0n) is 13.2. The van der Waals surface area contributed by atoms with Gasteiger partial charge in [0.15, 0.2) is 17.2 Å². The number of nitrogens with one attached hydrogen (secondary N) is 1. The van der Waals surface area contributed by atoms with E-state index in [0.29, 0.717) is 0 Å². The van der Waals surface area contributed by atoms with Crippen LogP contribution in [0.5, 0.6) is 5.75 Å². The topological polar surface area (TPSA) is 51.5 Å². The van der Waals surface area contributed by atoms with E-state index < -0.39 is 0 Å². The van der Waals surface area contributed by atoms with E-state index in [1.165, 1.54) is 13.2 Å². The highest BCUT2D eigenvalue weighted by molar-refractivity contribution is 5.37. The summed E-state index contributed by atoms with van der Waals surface area (Å²) >= 11 is 0. The zero-order valence-corrected chi connectivity index (χ0v) is 13.2. The number of benzene rings is 1. The van der Waals surface area contributed by atoms with Crippen LogP contribution >= 0.6 is 0 Å². The van der Waals surface area contributed by atoms with Crippen molar-refractivity contribution in [2.45, 2.75) is 19.4 Å². The maximum Gasteiger partial charge on any atom is 0.165 e. The van der Waals surface area contributed by atoms with Crippen LogP contribution in [0.4, 0.5) is 4.39 Å². The number of ether oxygens (including phenoxy) is 1. The van der Waals surface area contributed by atoms with E-state index in [0.717, 1.165) is 30.0 Å². The summed E-state index contributed by atoms with van der Waals surface area (Å²) < 4.78 is 20.5. The lowest BCUT2D eigenvalue weighted by Gasteiger charge is -2.15. The SMILES string of the molecule is COc1cc([C@@H](C)NCCc2nnc3ccccn23)ccc1F. The molecule has 3 rings (SSSR count). The normalized spacial score (nSPS) is 12.5. The summed E-state index contributed by atoms with van der Waals surface area (Å²) in [5, 5.41) is 11.8. The van der Waals surface area contributed by atoms with Gasteiger partial charge in [-0.3, -0.25) is 4.40 Å². The van der Waals surface area contributed by atoms with E-state index in [4.69, 9.17) is 4.74 Å². The summed E-state index contributed by atoms with van der Waals surface area (Å²) in [5.41, 5.74) is 1.83. The molecule has 5 nitrogen and oxygen atoms in total. The highest BCUT2D eigenvalue weighted by Gasteiger charge is 2.10. The molecule has 0 spiro atoms. The van der Waals surface area contributed by atoms with Crippen molar-refractivity contribution in [1.29, 1.82) is 0 Å². The first-order chi connectivity index (χ1) is 11.2. The second kappa shape index (κ2) is 6.75. The minimum atomic E-state index is -0.349. The molecule has 1 atom stereocenters. The number of nitrogens with zero attached hydrogens (tertiary/aromatic N) is 3. The first-order valence-corrected chi connectivity index (χ1v) is 7.54. The fourth-order valence-corrected chi connectivity index (χ4v) is 2.53. The molecule has 0 aliphatic carbocycles. The highest BCUT2D eigenvalue weighted by Crippen LogP contribution is 2.22. The predicted octanol–water partition coefficient (Wildman–Crippen LogP) is 2.77. The fourth-order valence-electron chi connectivity index (χ4n) is 2.53. The van der Waals surface area contributed by atoms with Crippen LogP contribution in [-0.2, 0) is 6.42 Å². The van der Waals surface area contributed by atoms with Crippen molar-refractivity contribution in [3.8, 4) is 5.75 Å². The van der Waals surface area contributed by atoms with Gasteiger partial charge in [-0.25, -0.2) is 4.39 Å². The van der Waals surface area contributed by atoms with Gasteiger partial charge in [0.1, 0.15) is 5.82 Å². The Labute approximate surface area is 134 Å². The third-order valence-electron chi connectivity index (χ3n) is 3.86. The Bertz CT molecular complexity index is 802. The number of hydrogen-bond donors (Lipinski definition) is 1. The first-order valence-electron chi connectivity index (χ1n) is 7.54. The number of methoxy groups -OCH3 is 1. The van der Waals surface area contributed by atoms with E-state index in [9.17, 15) is 4.39 Å². The number of hydrogen-bond acceptors (Lipinski definition) is 4. The van der Waals surface area contributed by atoms with Gasteiger partial charge >= 0.3 is 0 Å². The van der Waals surface area contributed by atoms with Gasteiger partial charge < -0.3 is 10.1 Å². The maximum atomic E-state index is 13.5. The standard InChI is InChI=1S/C17H19FN4O/c1-12(13-6-7-14(18)15(11-13)23-2)19-9-8-17-21-20-16-5-3-4-10-22(16)17/h3-7,10-12,19H,8-9H2,1-2H3/t12-/m1/s1. The Balaban J connectivity index is 1.62. The third kappa shape index (κ3) is 3.32. The van der Waals surface area contributed by atoms with Gasteiger partial charge in [0, 0.05) is 25.2 Å². The smallest absolute Gasteiger partial charge is 0.165 e.